The van der Waals surface area contributed by atoms with E-state index in [0.717, 1.165) is 32.2 Å². The van der Waals surface area contributed by atoms with Crippen molar-refractivity contribution in [3.63, 3.8) is 0 Å². The summed E-state index contributed by atoms with van der Waals surface area (Å²) >= 11 is 9.98. The van der Waals surface area contributed by atoms with Crippen LogP contribution in [0.3, 0.4) is 0 Å². The number of rotatable bonds is 1. The third kappa shape index (κ3) is 2.70. The van der Waals surface area contributed by atoms with Crippen molar-refractivity contribution in [3.8, 4) is 5.75 Å². The molecule has 0 aliphatic carbocycles. The van der Waals surface area contributed by atoms with Gasteiger partial charge in [-0.15, -0.1) is 0 Å². The molecular formula is C20H17BrClNO3. The van der Waals surface area contributed by atoms with E-state index in [1.54, 1.807) is 6.92 Å². The molecule has 0 spiro atoms. The molecule has 0 fully saturated rings. The van der Waals surface area contributed by atoms with Gasteiger partial charge in [0.2, 0.25) is 0 Å². The van der Waals surface area contributed by atoms with E-state index in [1.165, 1.54) is 0 Å². The topological polar surface area (TPSA) is 42.7 Å². The van der Waals surface area contributed by atoms with Gasteiger partial charge < -0.3 is 14.1 Å². The second-order valence-corrected chi connectivity index (χ2v) is 7.85. The highest BCUT2D eigenvalue weighted by molar-refractivity contribution is 9.10. The second-order valence-electron chi connectivity index (χ2n) is 6.59. The van der Waals surface area contributed by atoms with Gasteiger partial charge in [0.05, 0.1) is 17.1 Å². The van der Waals surface area contributed by atoms with Crippen molar-refractivity contribution in [2.75, 3.05) is 11.6 Å². The lowest BCUT2D eigenvalue weighted by atomic mass is 10.0. The highest BCUT2D eigenvalue weighted by atomic mass is 79.9. The smallest absolute Gasteiger partial charge is 0.339 e. The molecule has 0 amide bonds. The van der Waals surface area contributed by atoms with E-state index in [4.69, 9.17) is 20.8 Å². The molecule has 1 aliphatic heterocycles. The quantitative estimate of drug-likeness (QED) is 0.475. The molecule has 0 unspecified atom stereocenters. The van der Waals surface area contributed by atoms with Crippen LogP contribution in [0.2, 0.25) is 5.02 Å². The van der Waals surface area contributed by atoms with Gasteiger partial charge in [0, 0.05) is 21.1 Å². The molecule has 0 radical (unpaired) electrons. The van der Waals surface area contributed by atoms with Crippen molar-refractivity contribution in [2.45, 2.75) is 27.3 Å². The average Bonchev–Trinajstić information content (AvgIpc) is 2.63. The zero-order valence-corrected chi connectivity index (χ0v) is 17.0. The van der Waals surface area contributed by atoms with Crippen LogP contribution in [0.25, 0.3) is 11.0 Å². The van der Waals surface area contributed by atoms with Crippen LogP contribution in [0.4, 0.5) is 5.69 Å². The van der Waals surface area contributed by atoms with Crippen LogP contribution in [0.1, 0.15) is 22.3 Å². The summed E-state index contributed by atoms with van der Waals surface area (Å²) in [7, 11) is 0. The van der Waals surface area contributed by atoms with Crippen molar-refractivity contribution in [1.82, 2.24) is 0 Å². The van der Waals surface area contributed by atoms with Gasteiger partial charge in [0.25, 0.3) is 0 Å². The number of ether oxygens (including phenoxy) is 1. The molecule has 134 valence electrons. The van der Waals surface area contributed by atoms with E-state index in [1.807, 2.05) is 32.0 Å². The molecule has 0 saturated carbocycles. The molecule has 1 aliphatic rings. The SMILES string of the molecule is Cc1cc(N2COc3c(Cl)cc4c(C)c(C)c(=O)oc4c3C2)ccc1Br. The Morgan fingerprint density at radius 3 is 2.65 bits per heavy atom. The van der Waals surface area contributed by atoms with Crippen LogP contribution in [-0.2, 0) is 6.54 Å². The van der Waals surface area contributed by atoms with Crippen LogP contribution < -0.4 is 15.3 Å². The van der Waals surface area contributed by atoms with Crippen molar-refractivity contribution in [3.05, 3.63) is 66.4 Å². The number of hydrogen-bond donors (Lipinski definition) is 0. The van der Waals surface area contributed by atoms with Gasteiger partial charge in [0.1, 0.15) is 11.3 Å². The first-order valence-electron chi connectivity index (χ1n) is 8.26. The first kappa shape index (κ1) is 17.4. The van der Waals surface area contributed by atoms with E-state index >= 15 is 0 Å². The number of hydrogen-bond acceptors (Lipinski definition) is 4. The molecule has 2 aromatic carbocycles. The molecule has 0 bridgehead atoms. The molecule has 2 heterocycles. The van der Waals surface area contributed by atoms with Crippen LogP contribution in [0.5, 0.6) is 5.75 Å². The molecule has 3 aromatic rings. The predicted molar refractivity (Wildman–Crippen MR) is 108 cm³/mol. The first-order valence-corrected chi connectivity index (χ1v) is 9.43. The summed E-state index contributed by atoms with van der Waals surface area (Å²) in [6, 6.07) is 7.96. The van der Waals surface area contributed by atoms with Gasteiger partial charge in [-0.25, -0.2) is 4.79 Å². The number of fused-ring (bicyclic) bond motifs is 3. The lowest BCUT2D eigenvalue weighted by Crippen LogP contribution is -2.32. The van der Waals surface area contributed by atoms with E-state index in [-0.39, 0.29) is 5.63 Å². The maximum atomic E-state index is 12.2. The summed E-state index contributed by atoms with van der Waals surface area (Å²) in [6.07, 6.45) is 0. The van der Waals surface area contributed by atoms with Crippen LogP contribution in [-0.4, -0.2) is 6.73 Å². The number of nitrogens with zero attached hydrogens (tertiary/aromatic N) is 1. The van der Waals surface area contributed by atoms with Gasteiger partial charge in [-0.05, 0) is 56.2 Å². The first-order chi connectivity index (χ1) is 12.4. The lowest BCUT2D eigenvalue weighted by Gasteiger charge is -2.32. The van der Waals surface area contributed by atoms with Crippen molar-refractivity contribution in [2.24, 2.45) is 0 Å². The minimum Gasteiger partial charge on any atom is -0.471 e. The summed E-state index contributed by atoms with van der Waals surface area (Å²) in [5.74, 6) is 0.593. The van der Waals surface area contributed by atoms with E-state index in [9.17, 15) is 4.79 Å². The van der Waals surface area contributed by atoms with E-state index < -0.39 is 0 Å². The Kier molecular flexibility index (Phi) is 4.24. The second kappa shape index (κ2) is 6.32. The average molecular weight is 435 g/mol. The summed E-state index contributed by atoms with van der Waals surface area (Å²) < 4.78 is 12.6. The maximum absolute atomic E-state index is 12.2. The predicted octanol–water partition coefficient (Wildman–Crippen LogP) is 5.49. The molecule has 26 heavy (non-hydrogen) atoms. The Bertz CT molecular complexity index is 1110. The van der Waals surface area contributed by atoms with Crippen molar-refractivity contribution < 1.29 is 9.15 Å². The largest absolute Gasteiger partial charge is 0.471 e. The molecule has 4 rings (SSSR count). The number of anilines is 1. The maximum Gasteiger partial charge on any atom is 0.339 e. The number of benzene rings is 2. The minimum atomic E-state index is -0.323. The van der Waals surface area contributed by atoms with Crippen molar-refractivity contribution in [1.29, 1.82) is 0 Å². The monoisotopic (exact) mass is 433 g/mol. The standard InChI is InChI=1S/C20H17BrClNO3/c1-10-6-13(4-5-16(10)21)23-8-15-18-14(7-17(22)19(15)25-9-23)11(2)12(3)20(24)26-18/h4-7H,8-9H2,1-3H3. The molecule has 0 N–H and O–H groups in total. The summed E-state index contributed by atoms with van der Waals surface area (Å²) in [5.41, 5.74) is 4.70. The van der Waals surface area contributed by atoms with Gasteiger partial charge >= 0.3 is 5.63 Å². The normalized spacial score (nSPS) is 13.7. The van der Waals surface area contributed by atoms with Gasteiger partial charge in [-0.3, -0.25) is 0 Å². The fraction of sp³-hybridized carbons (Fsp3) is 0.250. The summed E-state index contributed by atoms with van der Waals surface area (Å²) in [6.45, 7) is 6.66. The molecule has 1 aromatic heterocycles. The van der Waals surface area contributed by atoms with E-state index in [2.05, 4.69) is 26.9 Å². The molecule has 0 atom stereocenters. The highest BCUT2D eigenvalue weighted by Crippen LogP contribution is 2.40. The fourth-order valence-corrected chi connectivity index (χ4v) is 3.78. The Labute approximate surface area is 164 Å². The van der Waals surface area contributed by atoms with Crippen LogP contribution in [0, 0.1) is 20.8 Å². The van der Waals surface area contributed by atoms with Gasteiger partial charge in [-0.2, -0.15) is 0 Å². The Balaban J connectivity index is 1.88. The van der Waals surface area contributed by atoms with Gasteiger partial charge in [0.15, 0.2) is 6.73 Å². The molecule has 0 saturated heterocycles. The van der Waals surface area contributed by atoms with Crippen molar-refractivity contribution >= 4 is 44.2 Å². The van der Waals surface area contributed by atoms with Gasteiger partial charge in [-0.1, -0.05) is 27.5 Å². The number of halogens is 2. The summed E-state index contributed by atoms with van der Waals surface area (Å²) in [5, 5.41) is 1.39. The van der Waals surface area contributed by atoms with Crippen LogP contribution in [0.15, 0.2) is 37.9 Å². The Hall–Kier alpha value is -1.98. The fourth-order valence-electron chi connectivity index (χ4n) is 3.26. The molecule has 4 nitrogen and oxygen atoms in total. The summed E-state index contributed by atoms with van der Waals surface area (Å²) in [4.78, 5) is 14.3. The van der Waals surface area contributed by atoms with E-state index in [0.29, 0.717) is 35.2 Å². The third-order valence-corrected chi connectivity index (χ3v) is 6.14. The minimum absolute atomic E-state index is 0.323. The Morgan fingerprint density at radius 1 is 1.15 bits per heavy atom. The zero-order valence-electron chi connectivity index (χ0n) is 14.7. The molecule has 6 heteroatoms. The third-order valence-electron chi connectivity index (χ3n) is 4.97. The molecular weight excluding hydrogens is 418 g/mol. The lowest BCUT2D eigenvalue weighted by molar-refractivity contribution is 0.289. The number of aryl methyl sites for hydroxylation is 2. The zero-order chi connectivity index (χ0) is 18.6. The highest BCUT2D eigenvalue weighted by Gasteiger charge is 2.26. The Morgan fingerprint density at radius 2 is 1.92 bits per heavy atom. The van der Waals surface area contributed by atoms with Crippen LogP contribution >= 0.6 is 27.5 Å².